The Morgan fingerprint density at radius 1 is 1.16 bits per heavy atom. The second-order valence-electron chi connectivity index (χ2n) is 4.56. The van der Waals surface area contributed by atoms with Crippen LogP contribution >= 0.6 is 0 Å². The Labute approximate surface area is 115 Å². The van der Waals surface area contributed by atoms with Gasteiger partial charge in [-0.2, -0.15) is 0 Å². The summed E-state index contributed by atoms with van der Waals surface area (Å²) in [6.07, 6.45) is 6.44. The summed E-state index contributed by atoms with van der Waals surface area (Å²) in [5, 5.41) is 3.21. The highest BCUT2D eigenvalue weighted by molar-refractivity contribution is 5.76. The van der Waals surface area contributed by atoms with Crippen LogP contribution in [-0.4, -0.2) is 7.05 Å². The zero-order chi connectivity index (χ0) is 13.7. The summed E-state index contributed by atoms with van der Waals surface area (Å²) in [7, 11) is 1.95. The van der Waals surface area contributed by atoms with E-state index in [4.69, 9.17) is 0 Å². The van der Waals surface area contributed by atoms with Gasteiger partial charge < -0.3 is 5.32 Å². The van der Waals surface area contributed by atoms with Crippen LogP contribution in [0.2, 0.25) is 0 Å². The number of pyridine rings is 1. The summed E-state index contributed by atoms with van der Waals surface area (Å²) in [5.74, 6) is 0. The number of nitrogens with one attached hydrogen (secondary N) is 1. The average molecular weight is 253 g/mol. The van der Waals surface area contributed by atoms with Crippen LogP contribution in [-0.2, 0) is 6.54 Å². The molecular weight excluding hydrogens is 232 g/mol. The molecule has 0 aliphatic heterocycles. The van der Waals surface area contributed by atoms with Gasteiger partial charge in [0.1, 0.15) is 6.54 Å². The minimum Gasteiger partial charge on any atom is -0.388 e. The van der Waals surface area contributed by atoms with Gasteiger partial charge in [-0.3, -0.25) is 0 Å². The number of para-hydroxylation sites is 1. The summed E-state index contributed by atoms with van der Waals surface area (Å²) < 4.78 is 2.24. The Balaban J connectivity index is 2.25. The lowest BCUT2D eigenvalue weighted by atomic mass is 10.1. The van der Waals surface area contributed by atoms with E-state index in [-0.39, 0.29) is 0 Å². The van der Waals surface area contributed by atoms with Crippen LogP contribution in [0.5, 0.6) is 0 Å². The molecule has 0 atom stereocenters. The fourth-order valence-electron chi connectivity index (χ4n) is 2.18. The first kappa shape index (κ1) is 13.3. The lowest BCUT2D eigenvalue weighted by molar-refractivity contribution is -0.699. The molecule has 0 amide bonds. The van der Waals surface area contributed by atoms with Crippen molar-refractivity contribution >= 4 is 17.8 Å². The van der Waals surface area contributed by atoms with Gasteiger partial charge in [0.25, 0.3) is 0 Å². The van der Waals surface area contributed by atoms with Gasteiger partial charge in [-0.1, -0.05) is 30.4 Å². The van der Waals surface area contributed by atoms with Gasteiger partial charge in [0, 0.05) is 31.8 Å². The van der Waals surface area contributed by atoms with Crippen molar-refractivity contribution in [3.63, 3.8) is 0 Å². The third kappa shape index (κ3) is 3.22. The van der Waals surface area contributed by atoms with Gasteiger partial charge in [-0.25, -0.2) is 4.57 Å². The first-order chi connectivity index (χ1) is 9.24. The fraction of sp³-hybridized carbons (Fsp3) is 0.235. The summed E-state index contributed by atoms with van der Waals surface area (Å²) in [6, 6.07) is 12.7. The molecule has 2 nitrogen and oxygen atoms in total. The van der Waals surface area contributed by atoms with E-state index in [0.717, 1.165) is 12.2 Å². The van der Waals surface area contributed by atoms with Crippen molar-refractivity contribution in [1.29, 1.82) is 0 Å². The molecule has 1 aromatic carbocycles. The van der Waals surface area contributed by atoms with Crippen molar-refractivity contribution in [3.8, 4) is 0 Å². The molecule has 1 heterocycles. The highest BCUT2D eigenvalue weighted by Crippen LogP contribution is 2.17. The van der Waals surface area contributed by atoms with E-state index in [9.17, 15) is 0 Å². The normalized spacial score (nSPS) is 10.9. The van der Waals surface area contributed by atoms with Crippen LogP contribution in [0.25, 0.3) is 12.2 Å². The molecule has 0 radical (unpaired) electrons. The van der Waals surface area contributed by atoms with Crippen molar-refractivity contribution in [2.45, 2.75) is 20.4 Å². The second-order valence-corrected chi connectivity index (χ2v) is 4.56. The predicted octanol–water partition coefficient (Wildman–Crippen LogP) is 3.51. The largest absolute Gasteiger partial charge is 0.388 e. The van der Waals surface area contributed by atoms with E-state index in [1.807, 2.05) is 13.1 Å². The zero-order valence-corrected chi connectivity index (χ0v) is 11.9. The first-order valence-corrected chi connectivity index (χ1v) is 6.69. The van der Waals surface area contributed by atoms with Gasteiger partial charge in [0.2, 0.25) is 0 Å². The molecule has 2 rings (SSSR count). The molecule has 0 bridgehead atoms. The maximum absolute atomic E-state index is 3.21. The lowest BCUT2D eigenvalue weighted by Gasteiger charge is -2.04. The third-order valence-electron chi connectivity index (χ3n) is 3.30. The maximum Gasteiger partial charge on any atom is 0.178 e. The van der Waals surface area contributed by atoms with E-state index in [2.05, 4.69) is 72.4 Å². The second kappa shape index (κ2) is 6.19. The molecule has 0 unspecified atom stereocenters. The number of hydrogen-bond donors (Lipinski definition) is 1. The first-order valence-electron chi connectivity index (χ1n) is 6.69. The number of rotatable bonds is 4. The van der Waals surface area contributed by atoms with Crippen molar-refractivity contribution in [1.82, 2.24) is 0 Å². The van der Waals surface area contributed by atoms with Crippen molar-refractivity contribution in [2.24, 2.45) is 0 Å². The molecule has 0 aliphatic rings. The third-order valence-corrected chi connectivity index (χ3v) is 3.30. The quantitative estimate of drug-likeness (QED) is 0.824. The van der Waals surface area contributed by atoms with Crippen LogP contribution in [0.15, 0.2) is 42.6 Å². The van der Waals surface area contributed by atoms with E-state index >= 15 is 0 Å². The molecular formula is C17H21N2+. The molecule has 0 saturated heterocycles. The molecule has 1 N–H and O–H groups in total. The van der Waals surface area contributed by atoms with Gasteiger partial charge in [-0.15, -0.1) is 0 Å². The monoisotopic (exact) mass is 253 g/mol. The SMILES string of the molecule is CC[n+]1ccc(/C=C/c2ccccc2NC)cc1C. The van der Waals surface area contributed by atoms with Crippen LogP contribution in [0.4, 0.5) is 5.69 Å². The van der Waals surface area contributed by atoms with Gasteiger partial charge in [0.05, 0.1) is 0 Å². The number of hydrogen-bond acceptors (Lipinski definition) is 1. The Morgan fingerprint density at radius 3 is 2.63 bits per heavy atom. The molecule has 19 heavy (non-hydrogen) atoms. The topological polar surface area (TPSA) is 15.9 Å². The molecule has 0 saturated carbocycles. The molecule has 2 heteroatoms. The van der Waals surface area contributed by atoms with Crippen LogP contribution in [0, 0.1) is 6.92 Å². The Hall–Kier alpha value is -2.09. The van der Waals surface area contributed by atoms with E-state index in [1.54, 1.807) is 0 Å². The molecule has 1 aromatic heterocycles. The number of anilines is 1. The summed E-state index contributed by atoms with van der Waals surface area (Å²) in [6.45, 7) is 5.31. The van der Waals surface area contributed by atoms with Crippen molar-refractivity contribution in [3.05, 3.63) is 59.4 Å². The zero-order valence-electron chi connectivity index (χ0n) is 11.9. The van der Waals surface area contributed by atoms with E-state index in [1.165, 1.54) is 16.8 Å². The molecule has 0 spiro atoms. The van der Waals surface area contributed by atoms with E-state index < -0.39 is 0 Å². The molecule has 0 fully saturated rings. The number of aromatic nitrogens is 1. The van der Waals surface area contributed by atoms with Gasteiger partial charge >= 0.3 is 0 Å². The number of benzene rings is 1. The average Bonchev–Trinajstić information content (AvgIpc) is 2.45. The highest BCUT2D eigenvalue weighted by atomic mass is 14.9. The fourth-order valence-corrected chi connectivity index (χ4v) is 2.18. The molecule has 98 valence electrons. The van der Waals surface area contributed by atoms with Crippen molar-refractivity contribution < 1.29 is 4.57 Å². The number of aryl methyl sites for hydroxylation is 2. The Kier molecular flexibility index (Phi) is 4.35. The number of nitrogens with zero attached hydrogens (tertiary/aromatic N) is 1. The molecule has 0 aliphatic carbocycles. The van der Waals surface area contributed by atoms with E-state index in [0.29, 0.717) is 0 Å². The standard InChI is InChI=1S/C17H20N2/c1-4-19-12-11-15(13-14(19)2)9-10-16-7-5-6-8-17(16)18-3/h5-13H,4H2,1-3H3/p+1. The summed E-state index contributed by atoms with van der Waals surface area (Å²) in [4.78, 5) is 0. The minimum absolute atomic E-state index is 1.01. The predicted molar refractivity (Wildman–Crippen MR) is 82.0 cm³/mol. The van der Waals surface area contributed by atoms with Gasteiger partial charge in [0.15, 0.2) is 11.9 Å². The Morgan fingerprint density at radius 2 is 1.95 bits per heavy atom. The van der Waals surface area contributed by atoms with Crippen LogP contribution in [0.1, 0.15) is 23.7 Å². The minimum atomic E-state index is 1.01. The smallest absolute Gasteiger partial charge is 0.178 e. The lowest BCUT2D eigenvalue weighted by Crippen LogP contribution is -2.35. The van der Waals surface area contributed by atoms with Crippen LogP contribution in [0.3, 0.4) is 0 Å². The summed E-state index contributed by atoms with van der Waals surface area (Å²) in [5.41, 5.74) is 4.87. The summed E-state index contributed by atoms with van der Waals surface area (Å²) >= 11 is 0. The Bertz CT molecular complexity index is 586. The maximum atomic E-state index is 3.21. The van der Waals surface area contributed by atoms with Crippen molar-refractivity contribution in [2.75, 3.05) is 12.4 Å². The van der Waals surface area contributed by atoms with Gasteiger partial charge in [-0.05, 0) is 24.1 Å². The van der Waals surface area contributed by atoms with Crippen LogP contribution < -0.4 is 9.88 Å². The highest BCUT2D eigenvalue weighted by Gasteiger charge is 2.02. The molecule has 2 aromatic rings.